The zero-order valence-electron chi connectivity index (χ0n) is 16.2. The molecule has 0 radical (unpaired) electrons. The number of nitrogens with zero attached hydrogens (tertiary/aromatic N) is 4. The predicted octanol–water partition coefficient (Wildman–Crippen LogP) is 2.50. The first kappa shape index (κ1) is 19.0. The van der Waals surface area contributed by atoms with Gasteiger partial charge in [-0.1, -0.05) is 11.8 Å². The molecule has 1 saturated heterocycles. The third-order valence-corrected chi connectivity index (χ3v) is 6.06. The number of aromatic nitrogens is 4. The number of benzene rings is 1. The van der Waals surface area contributed by atoms with Crippen LogP contribution in [0, 0.1) is 0 Å². The molecular weight excluding hydrogens is 370 g/mol. The van der Waals surface area contributed by atoms with Crippen LogP contribution in [0.15, 0.2) is 53.9 Å². The molecule has 2 aromatic heterocycles. The Morgan fingerprint density at radius 2 is 1.89 bits per heavy atom. The Hall–Kier alpha value is -2.38. The Bertz CT molecular complexity index is 876. The fourth-order valence-electron chi connectivity index (χ4n) is 3.60. The van der Waals surface area contributed by atoms with Crippen molar-refractivity contribution in [1.29, 1.82) is 0 Å². The standard InChI is InChI=1S/C21H25N5OS/c1-27-19-9-7-18(8-10-19)26-20(17-6-5-11-22-16-17)23-24-21(26)28-15-14-25-12-3-2-4-13-25/h5-11,16H,2-4,12-15H2,1H3/p+1. The molecule has 3 heterocycles. The topological polar surface area (TPSA) is 57.3 Å². The second kappa shape index (κ2) is 9.21. The molecule has 3 aromatic rings. The zero-order valence-corrected chi connectivity index (χ0v) is 17.0. The number of hydrogen-bond acceptors (Lipinski definition) is 5. The van der Waals surface area contributed by atoms with E-state index >= 15 is 0 Å². The SMILES string of the molecule is COc1ccc(-n2c(SCC[NH+]3CCCCC3)nnc2-c2cccnc2)cc1. The lowest BCUT2D eigenvalue weighted by molar-refractivity contribution is -0.902. The van der Waals surface area contributed by atoms with Gasteiger partial charge in [0.1, 0.15) is 5.75 Å². The van der Waals surface area contributed by atoms with E-state index in [-0.39, 0.29) is 0 Å². The highest BCUT2D eigenvalue weighted by Gasteiger charge is 2.18. The van der Waals surface area contributed by atoms with E-state index in [0.29, 0.717) is 0 Å². The van der Waals surface area contributed by atoms with Gasteiger partial charge in [-0.2, -0.15) is 0 Å². The van der Waals surface area contributed by atoms with Crippen LogP contribution in [-0.4, -0.2) is 52.2 Å². The van der Waals surface area contributed by atoms with Crippen molar-refractivity contribution < 1.29 is 9.64 Å². The summed E-state index contributed by atoms with van der Waals surface area (Å²) in [6.45, 7) is 3.77. The Labute approximate surface area is 170 Å². The van der Waals surface area contributed by atoms with E-state index in [1.54, 1.807) is 30.0 Å². The van der Waals surface area contributed by atoms with Crippen LogP contribution >= 0.6 is 11.8 Å². The molecule has 0 amide bonds. The molecule has 1 N–H and O–H groups in total. The van der Waals surface area contributed by atoms with Crippen LogP contribution in [0.3, 0.4) is 0 Å². The fourth-order valence-corrected chi connectivity index (χ4v) is 4.59. The quantitative estimate of drug-likeness (QED) is 0.622. The van der Waals surface area contributed by atoms with Gasteiger partial charge >= 0.3 is 0 Å². The van der Waals surface area contributed by atoms with Crippen molar-refractivity contribution in [2.75, 3.05) is 32.5 Å². The lowest BCUT2D eigenvalue weighted by Crippen LogP contribution is -3.13. The average Bonchev–Trinajstić information content (AvgIpc) is 3.19. The van der Waals surface area contributed by atoms with Gasteiger partial charge in [0.2, 0.25) is 0 Å². The van der Waals surface area contributed by atoms with E-state index in [1.807, 2.05) is 42.6 Å². The second-order valence-electron chi connectivity index (χ2n) is 6.99. The summed E-state index contributed by atoms with van der Waals surface area (Å²) in [4.78, 5) is 5.95. The van der Waals surface area contributed by atoms with Crippen molar-refractivity contribution in [2.45, 2.75) is 24.4 Å². The van der Waals surface area contributed by atoms with E-state index in [0.717, 1.165) is 33.7 Å². The third kappa shape index (κ3) is 4.36. The molecule has 1 aliphatic rings. The van der Waals surface area contributed by atoms with Crippen LogP contribution in [0.25, 0.3) is 17.1 Å². The number of methoxy groups -OCH3 is 1. The Morgan fingerprint density at radius 3 is 2.61 bits per heavy atom. The van der Waals surface area contributed by atoms with Crippen molar-refractivity contribution in [3.05, 3.63) is 48.8 Å². The van der Waals surface area contributed by atoms with Crippen molar-refractivity contribution in [1.82, 2.24) is 19.7 Å². The lowest BCUT2D eigenvalue weighted by atomic mass is 10.1. The third-order valence-electron chi connectivity index (χ3n) is 5.13. The molecule has 0 bridgehead atoms. The molecule has 28 heavy (non-hydrogen) atoms. The number of rotatable bonds is 7. The van der Waals surface area contributed by atoms with Gasteiger partial charge in [-0.15, -0.1) is 10.2 Å². The number of hydrogen-bond donors (Lipinski definition) is 1. The maximum atomic E-state index is 5.31. The number of pyridine rings is 1. The summed E-state index contributed by atoms with van der Waals surface area (Å²) < 4.78 is 7.42. The van der Waals surface area contributed by atoms with Crippen LogP contribution in [0.5, 0.6) is 5.75 Å². The van der Waals surface area contributed by atoms with Gasteiger partial charge in [-0.25, -0.2) is 0 Å². The normalized spacial score (nSPS) is 14.9. The molecule has 0 unspecified atom stereocenters. The first-order chi connectivity index (χ1) is 13.8. The van der Waals surface area contributed by atoms with Crippen molar-refractivity contribution in [3.8, 4) is 22.8 Å². The van der Waals surface area contributed by atoms with Crippen molar-refractivity contribution in [3.63, 3.8) is 0 Å². The molecule has 7 heteroatoms. The number of piperidine rings is 1. The van der Waals surface area contributed by atoms with E-state index < -0.39 is 0 Å². The number of nitrogens with one attached hydrogen (secondary N) is 1. The first-order valence-electron chi connectivity index (χ1n) is 9.82. The highest BCUT2D eigenvalue weighted by atomic mass is 32.2. The smallest absolute Gasteiger partial charge is 0.196 e. The Morgan fingerprint density at radius 1 is 1.07 bits per heavy atom. The van der Waals surface area contributed by atoms with Crippen LogP contribution in [0.1, 0.15) is 19.3 Å². The summed E-state index contributed by atoms with van der Waals surface area (Å²) in [5, 5.41) is 9.90. The number of thioether (sulfide) groups is 1. The summed E-state index contributed by atoms with van der Waals surface area (Å²) in [5.41, 5.74) is 1.98. The molecule has 6 nitrogen and oxygen atoms in total. The highest BCUT2D eigenvalue weighted by molar-refractivity contribution is 7.99. The molecule has 0 aliphatic carbocycles. The van der Waals surface area contributed by atoms with Crippen LogP contribution < -0.4 is 9.64 Å². The maximum absolute atomic E-state index is 5.31. The van der Waals surface area contributed by atoms with E-state index in [4.69, 9.17) is 4.74 Å². The van der Waals surface area contributed by atoms with Gasteiger partial charge in [0.25, 0.3) is 0 Å². The van der Waals surface area contributed by atoms with Gasteiger partial charge < -0.3 is 9.64 Å². The number of quaternary nitrogens is 1. The summed E-state index contributed by atoms with van der Waals surface area (Å²) in [6.07, 6.45) is 7.70. The van der Waals surface area contributed by atoms with E-state index in [9.17, 15) is 0 Å². The van der Waals surface area contributed by atoms with E-state index in [2.05, 4.69) is 19.7 Å². The van der Waals surface area contributed by atoms with Crippen molar-refractivity contribution >= 4 is 11.8 Å². The average molecular weight is 397 g/mol. The molecule has 1 aliphatic heterocycles. The molecule has 0 saturated carbocycles. The fraction of sp³-hybridized carbons (Fsp3) is 0.381. The van der Waals surface area contributed by atoms with Gasteiger partial charge in [-0.05, 0) is 55.7 Å². The van der Waals surface area contributed by atoms with Gasteiger partial charge in [0.05, 0.1) is 32.5 Å². The monoisotopic (exact) mass is 396 g/mol. The van der Waals surface area contributed by atoms with E-state index in [1.165, 1.54) is 38.9 Å². The van der Waals surface area contributed by atoms with Crippen LogP contribution in [0.2, 0.25) is 0 Å². The van der Waals surface area contributed by atoms with Crippen LogP contribution in [-0.2, 0) is 0 Å². The van der Waals surface area contributed by atoms with Gasteiger partial charge in [0.15, 0.2) is 11.0 Å². The minimum atomic E-state index is 0.811. The molecule has 1 aromatic carbocycles. The maximum Gasteiger partial charge on any atom is 0.196 e. The Balaban J connectivity index is 1.59. The summed E-state index contributed by atoms with van der Waals surface area (Å²) >= 11 is 1.78. The van der Waals surface area contributed by atoms with Crippen LogP contribution in [0.4, 0.5) is 0 Å². The van der Waals surface area contributed by atoms with Gasteiger partial charge in [-0.3, -0.25) is 9.55 Å². The van der Waals surface area contributed by atoms with Gasteiger partial charge in [0, 0.05) is 23.6 Å². The predicted molar refractivity (Wildman–Crippen MR) is 111 cm³/mol. The summed E-state index contributed by atoms with van der Waals surface area (Å²) in [7, 11) is 1.68. The largest absolute Gasteiger partial charge is 0.497 e. The number of likely N-dealkylation sites (tertiary alicyclic amines) is 1. The zero-order chi connectivity index (χ0) is 19.2. The molecule has 1 fully saturated rings. The minimum absolute atomic E-state index is 0.811. The molecule has 0 spiro atoms. The van der Waals surface area contributed by atoms with Crippen molar-refractivity contribution in [2.24, 2.45) is 0 Å². The second-order valence-corrected chi connectivity index (χ2v) is 8.05. The molecule has 146 valence electrons. The highest BCUT2D eigenvalue weighted by Crippen LogP contribution is 2.28. The molecular formula is C21H26N5OS+. The molecule has 4 rings (SSSR count). The summed E-state index contributed by atoms with van der Waals surface area (Å²) in [6, 6.07) is 12.0. The Kier molecular flexibility index (Phi) is 6.24. The molecule has 0 atom stereocenters. The first-order valence-corrected chi connectivity index (χ1v) is 10.8. The number of ether oxygens (including phenoxy) is 1. The lowest BCUT2D eigenvalue weighted by Gasteiger charge is -2.23. The summed E-state index contributed by atoms with van der Waals surface area (Å²) in [5.74, 6) is 2.69. The minimum Gasteiger partial charge on any atom is -0.497 e.